The number of halogens is 1. The summed E-state index contributed by atoms with van der Waals surface area (Å²) < 4.78 is 22.4. The summed E-state index contributed by atoms with van der Waals surface area (Å²) in [5.41, 5.74) is 5.53. The average Bonchev–Trinajstić information content (AvgIpc) is 3.23. The lowest BCUT2D eigenvalue weighted by atomic mass is 9.96. The van der Waals surface area contributed by atoms with Gasteiger partial charge in [-0.05, 0) is 61.2 Å². The molecule has 2 amide bonds. The molecule has 10 heteroatoms. The fraction of sp³-hybridized carbons (Fsp3) is 0.345. The SMILES string of the molecule is CC(C)(COc1nc(N2C[C@H]3CC[C@@H](C2)N3)c2ccc(-c3cc(O)cc4ccccc34)c(F)c2n1)NC(N)=O. The van der Waals surface area contributed by atoms with Crippen molar-refractivity contribution in [3.63, 3.8) is 0 Å². The number of aromatic nitrogens is 2. The molecule has 4 aromatic rings. The highest BCUT2D eigenvalue weighted by Crippen LogP contribution is 2.39. The van der Waals surface area contributed by atoms with Gasteiger partial charge in [0.15, 0.2) is 5.82 Å². The molecule has 0 spiro atoms. The largest absolute Gasteiger partial charge is 0.508 e. The summed E-state index contributed by atoms with van der Waals surface area (Å²) in [6, 6.07) is 14.4. The first-order valence-corrected chi connectivity index (χ1v) is 13.1. The summed E-state index contributed by atoms with van der Waals surface area (Å²) in [7, 11) is 0. The number of nitrogens with one attached hydrogen (secondary N) is 2. The standard InChI is InChI=1S/C29H31FN6O3/c1-29(2,35-27(31)38)15-39-28-33-25-22(26(34-28)36-13-17-7-8-18(14-36)32-17)10-9-21(24(25)30)23-12-19(37)11-16-5-3-4-6-20(16)23/h3-6,9-12,17-18,32,37H,7-8,13-15H2,1-2H3,(H3,31,35,38)/t17-,18+. The van der Waals surface area contributed by atoms with Crippen LogP contribution in [0.3, 0.4) is 0 Å². The van der Waals surface area contributed by atoms with E-state index >= 15 is 4.39 Å². The van der Waals surface area contributed by atoms with Gasteiger partial charge < -0.3 is 31.1 Å². The molecule has 2 aliphatic rings. The van der Waals surface area contributed by atoms with Crippen LogP contribution in [-0.2, 0) is 0 Å². The number of fused-ring (bicyclic) bond motifs is 4. The number of hydrogen-bond donors (Lipinski definition) is 4. The highest BCUT2D eigenvalue weighted by atomic mass is 19.1. The van der Waals surface area contributed by atoms with Gasteiger partial charge in [0.05, 0.1) is 5.54 Å². The van der Waals surface area contributed by atoms with Gasteiger partial charge >= 0.3 is 12.0 Å². The highest BCUT2D eigenvalue weighted by molar-refractivity contribution is 6.01. The summed E-state index contributed by atoms with van der Waals surface area (Å²) in [6.45, 7) is 5.06. The Balaban J connectivity index is 1.48. The minimum absolute atomic E-state index is 0.0135. The van der Waals surface area contributed by atoms with E-state index in [1.165, 1.54) is 0 Å². The Bertz CT molecular complexity index is 1580. The van der Waals surface area contributed by atoms with E-state index in [0.717, 1.165) is 36.7 Å². The molecule has 2 saturated heterocycles. The molecule has 3 heterocycles. The second kappa shape index (κ2) is 9.53. The molecule has 5 N–H and O–H groups in total. The zero-order valence-corrected chi connectivity index (χ0v) is 21.9. The maximum Gasteiger partial charge on any atom is 0.319 e. The number of rotatable bonds is 6. The van der Waals surface area contributed by atoms with E-state index < -0.39 is 17.4 Å². The zero-order chi connectivity index (χ0) is 27.3. The van der Waals surface area contributed by atoms with E-state index in [1.807, 2.05) is 30.3 Å². The number of anilines is 1. The Kier molecular flexibility index (Phi) is 6.14. The van der Waals surface area contributed by atoms with Crippen LogP contribution in [0.2, 0.25) is 0 Å². The summed E-state index contributed by atoms with van der Waals surface area (Å²) >= 11 is 0. The molecule has 9 nitrogen and oxygen atoms in total. The second-order valence-corrected chi connectivity index (χ2v) is 11.1. The van der Waals surface area contributed by atoms with E-state index in [4.69, 9.17) is 15.5 Å². The van der Waals surface area contributed by atoms with Crippen LogP contribution in [0.15, 0.2) is 48.5 Å². The number of aromatic hydroxyl groups is 1. The van der Waals surface area contributed by atoms with Crippen molar-refractivity contribution in [1.82, 2.24) is 20.6 Å². The molecule has 2 bridgehead atoms. The summed E-state index contributed by atoms with van der Waals surface area (Å²) in [5, 5.41) is 18.8. The summed E-state index contributed by atoms with van der Waals surface area (Å²) in [4.78, 5) is 22.8. The van der Waals surface area contributed by atoms with Crippen molar-refractivity contribution >= 4 is 33.5 Å². The van der Waals surface area contributed by atoms with Gasteiger partial charge in [-0.1, -0.05) is 30.3 Å². The van der Waals surface area contributed by atoms with Crippen LogP contribution >= 0.6 is 0 Å². The maximum atomic E-state index is 16.4. The smallest absolute Gasteiger partial charge is 0.319 e. The van der Waals surface area contributed by atoms with Gasteiger partial charge in [-0.15, -0.1) is 0 Å². The predicted octanol–water partition coefficient (Wildman–Crippen LogP) is 4.06. The molecule has 39 heavy (non-hydrogen) atoms. The van der Waals surface area contributed by atoms with Crippen LogP contribution in [0, 0.1) is 5.82 Å². The lowest BCUT2D eigenvalue weighted by molar-refractivity contribution is 0.191. The van der Waals surface area contributed by atoms with Crippen LogP contribution in [0.1, 0.15) is 26.7 Å². The molecule has 202 valence electrons. The minimum atomic E-state index is -0.792. The van der Waals surface area contributed by atoms with Crippen molar-refractivity contribution in [2.45, 2.75) is 44.3 Å². The summed E-state index contributed by atoms with van der Waals surface area (Å²) in [5.74, 6) is 0.140. The Hall–Kier alpha value is -4.18. The molecule has 6 rings (SSSR count). The van der Waals surface area contributed by atoms with Gasteiger partial charge in [-0.3, -0.25) is 0 Å². The fourth-order valence-electron chi connectivity index (χ4n) is 5.74. The van der Waals surface area contributed by atoms with Crippen LogP contribution in [0.25, 0.3) is 32.8 Å². The molecule has 0 aliphatic carbocycles. The lowest BCUT2D eigenvalue weighted by Crippen LogP contribution is -2.51. The van der Waals surface area contributed by atoms with Crippen molar-refractivity contribution < 1.29 is 19.0 Å². The highest BCUT2D eigenvalue weighted by Gasteiger charge is 2.34. The van der Waals surface area contributed by atoms with Crippen molar-refractivity contribution in [3.05, 3.63) is 54.3 Å². The number of carbonyl (C=O) groups excluding carboxylic acids is 1. The summed E-state index contributed by atoms with van der Waals surface area (Å²) in [6.07, 6.45) is 2.17. The van der Waals surface area contributed by atoms with Crippen molar-refractivity contribution in [2.24, 2.45) is 5.73 Å². The van der Waals surface area contributed by atoms with Crippen LogP contribution < -0.4 is 26.0 Å². The molecule has 3 aromatic carbocycles. The number of carbonyl (C=O) groups is 1. The number of hydrogen-bond acceptors (Lipinski definition) is 7. The lowest BCUT2D eigenvalue weighted by Gasteiger charge is -2.34. The van der Waals surface area contributed by atoms with Crippen molar-refractivity contribution in [3.8, 4) is 22.9 Å². The Labute approximate surface area is 225 Å². The average molecular weight is 531 g/mol. The molecule has 1 aromatic heterocycles. The third-order valence-corrected chi connectivity index (χ3v) is 7.44. The van der Waals surface area contributed by atoms with Gasteiger partial charge in [-0.25, -0.2) is 9.18 Å². The van der Waals surface area contributed by atoms with Gasteiger partial charge in [0, 0.05) is 36.1 Å². The quantitative estimate of drug-likeness (QED) is 0.296. The second-order valence-electron chi connectivity index (χ2n) is 11.1. The molecular weight excluding hydrogens is 499 g/mol. The normalized spacial score (nSPS) is 19.0. The Morgan fingerprint density at radius 3 is 2.62 bits per heavy atom. The third kappa shape index (κ3) is 4.87. The zero-order valence-electron chi connectivity index (χ0n) is 21.9. The third-order valence-electron chi connectivity index (χ3n) is 7.44. The molecular formula is C29H31FN6O3. The van der Waals surface area contributed by atoms with E-state index in [-0.39, 0.29) is 23.9 Å². The van der Waals surface area contributed by atoms with Crippen molar-refractivity contribution in [1.29, 1.82) is 0 Å². The van der Waals surface area contributed by atoms with Gasteiger partial charge in [0.1, 0.15) is 23.7 Å². The van der Waals surface area contributed by atoms with Gasteiger partial charge in [0.2, 0.25) is 0 Å². The van der Waals surface area contributed by atoms with Gasteiger partial charge in [0.25, 0.3) is 0 Å². The molecule has 0 saturated carbocycles. The first-order chi connectivity index (χ1) is 18.7. The number of nitrogens with two attached hydrogens (primary N) is 1. The number of piperazine rings is 1. The first-order valence-electron chi connectivity index (χ1n) is 13.1. The first kappa shape index (κ1) is 25.1. The molecule has 2 aliphatic heterocycles. The molecule has 0 unspecified atom stereocenters. The molecule has 0 radical (unpaired) electrons. The van der Waals surface area contributed by atoms with Gasteiger partial charge in [-0.2, -0.15) is 9.97 Å². The number of primary amides is 1. The van der Waals surface area contributed by atoms with E-state index in [0.29, 0.717) is 34.4 Å². The molecule has 2 fully saturated rings. The Morgan fingerprint density at radius 1 is 1.13 bits per heavy atom. The number of benzene rings is 3. The van der Waals surface area contributed by atoms with Crippen molar-refractivity contribution in [2.75, 3.05) is 24.6 Å². The van der Waals surface area contributed by atoms with Crippen LogP contribution in [0.4, 0.5) is 15.0 Å². The number of ether oxygens (including phenoxy) is 1. The topological polar surface area (TPSA) is 126 Å². The van der Waals surface area contributed by atoms with E-state index in [1.54, 1.807) is 32.0 Å². The van der Waals surface area contributed by atoms with E-state index in [9.17, 15) is 9.90 Å². The number of nitrogens with zero attached hydrogens (tertiary/aromatic N) is 3. The predicted molar refractivity (Wildman–Crippen MR) is 149 cm³/mol. The van der Waals surface area contributed by atoms with E-state index in [2.05, 4.69) is 20.5 Å². The Morgan fingerprint density at radius 2 is 1.87 bits per heavy atom. The van der Waals surface area contributed by atoms with Crippen LogP contribution in [-0.4, -0.2) is 58.4 Å². The van der Waals surface area contributed by atoms with Crippen LogP contribution in [0.5, 0.6) is 11.8 Å². The number of urea groups is 1. The number of phenolic OH excluding ortho intramolecular Hbond substituents is 1. The minimum Gasteiger partial charge on any atom is -0.508 e. The number of phenols is 1. The molecule has 2 atom stereocenters. The fourth-order valence-corrected chi connectivity index (χ4v) is 5.74. The maximum absolute atomic E-state index is 16.4. The number of amides is 2. The monoisotopic (exact) mass is 530 g/mol.